The Bertz CT molecular complexity index is 851. The largest absolute Gasteiger partial charge is 0.455 e. The molecular formula is C23H24N2O2. The third kappa shape index (κ3) is 5.61. The number of hydrogen-bond acceptors (Lipinski definition) is 3. The molecular weight excluding hydrogens is 336 g/mol. The van der Waals surface area contributed by atoms with Crippen molar-refractivity contribution in [2.24, 2.45) is 0 Å². The molecule has 0 saturated heterocycles. The monoisotopic (exact) mass is 360 g/mol. The van der Waals surface area contributed by atoms with Crippen molar-refractivity contribution in [1.82, 2.24) is 5.32 Å². The van der Waals surface area contributed by atoms with Gasteiger partial charge in [0.05, 0.1) is 11.7 Å². The first-order valence-corrected chi connectivity index (χ1v) is 9.12. The summed E-state index contributed by atoms with van der Waals surface area (Å²) >= 11 is 0. The van der Waals surface area contributed by atoms with Crippen LogP contribution in [0.1, 0.15) is 24.9 Å². The normalized spacial score (nSPS) is 11.4. The SMILES string of the molecule is CC(NC(=O)CCNc1ccccc1Oc1ccccc1)c1ccccc1. The van der Waals surface area contributed by atoms with Gasteiger partial charge in [-0.05, 0) is 36.8 Å². The van der Waals surface area contributed by atoms with Crippen molar-refractivity contribution in [1.29, 1.82) is 0 Å². The highest BCUT2D eigenvalue weighted by Gasteiger charge is 2.09. The lowest BCUT2D eigenvalue weighted by Gasteiger charge is -2.15. The second-order valence-corrected chi connectivity index (χ2v) is 6.29. The van der Waals surface area contributed by atoms with Gasteiger partial charge in [0.1, 0.15) is 5.75 Å². The standard InChI is InChI=1S/C23H24N2O2/c1-18(19-10-4-2-5-11-19)25-23(26)16-17-24-21-14-8-9-15-22(21)27-20-12-6-3-7-13-20/h2-15,18,24H,16-17H2,1H3,(H,25,26). The lowest BCUT2D eigenvalue weighted by molar-refractivity contribution is -0.121. The van der Waals surface area contributed by atoms with E-state index >= 15 is 0 Å². The average molecular weight is 360 g/mol. The highest BCUT2D eigenvalue weighted by molar-refractivity contribution is 5.77. The fraction of sp³-hybridized carbons (Fsp3) is 0.174. The van der Waals surface area contributed by atoms with E-state index in [9.17, 15) is 4.79 Å². The number of carbonyl (C=O) groups excluding carboxylic acids is 1. The molecule has 4 heteroatoms. The predicted octanol–water partition coefficient (Wildman–Crippen LogP) is 5.16. The van der Waals surface area contributed by atoms with Crippen LogP contribution in [-0.2, 0) is 4.79 Å². The fourth-order valence-corrected chi connectivity index (χ4v) is 2.77. The minimum absolute atomic E-state index is 0.00704. The Morgan fingerprint density at radius 2 is 1.52 bits per heavy atom. The molecule has 2 N–H and O–H groups in total. The molecule has 0 aliphatic rings. The van der Waals surface area contributed by atoms with Gasteiger partial charge in [-0.3, -0.25) is 4.79 Å². The summed E-state index contributed by atoms with van der Waals surface area (Å²) in [4.78, 5) is 12.2. The van der Waals surface area contributed by atoms with Crippen LogP contribution in [0, 0.1) is 0 Å². The molecule has 0 saturated carbocycles. The molecule has 3 aromatic rings. The number of benzene rings is 3. The summed E-state index contributed by atoms with van der Waals surface area (Å²) < 4.78 is 5.93. The van der Waals surface area contributed by atoms with Gasteiger partial charge in [-0.25, -0.2) is 0 Å². The van der Waals surface area contributed by atoms with Gasteiger partial charge >= 0.3 is 0 Å². The van der Waals surface area contributed by atoms with Crippen LogP contribution in [0.2, 0.25) is 0 Å². The van der Waals surface area contributed by atoms with Gasteiger partial charge in [0.25, 0.3) is 0 Å². The maximum absolute atomic E-state index is 12.2. The van der Waals surface area contributed by atoms with Crippen molar-refractivity contribution in [2.75, 3.05) is 11.9 Å². The third-order valence-electron chi connectivity index (χ3n) is 4.20. The van der Waals surface area contributed by atoms with Crippen molar-refractivity contribution in [2.45, 2.75) is 19.4 Å². The van der Waals surface area contributed by atoms with Crippen LogP contribution < -0.4 is 15.4 Å². The number of hydrogen-bond donors (Lipinski definition) is 2. The molecule has 0 fully saturated rings. The third-order valence-corrected chi connectivity index (χ3v) is 4.20. The molecule has 1 amide bonds. The van der Waals surface area contributed by atoms with Gasteiger partial charge in [0.15, 0.2) is 5.75 Å². The lowest BCUT2D eigenvalue weighted by Crippen LogP contribution is -2.28. The molecule has 0 radical (unpaired) electrons. The molecule has 1 unspecified atom stereocenters. The van der Waals surface area contributed by atoms with E-state index in [1.54, 1.807) is 0 Å². The van der Waals surface area contributed by atoms with Crippen molar-refractivity contribution in [3.05, 3.63) is 90.5 Å². The number of ether oxygens (including phenoxy) is 1. The molecule has 0 spiro atoms. The summed E-state index contributed by atoms with van der Waals surface area (Å²) in [6, 6.07) is 27.3. The van der Waals surface area contributed by atoms with E-state index in [1.807, 2.05) is 91.9 Å². The number of para-hydroxylation sites is 3. The molecule has 3 aromatic carbocycles. The van der Waals surface area contributed by atoms with Crippen LogP contribution in [-0.4, -0.2) is 12.5 Å². The first-order chi connectivity index (χ1) is 13.2. The maximum atomic E-state index is 12.2. The lowest BCUT2D eigenvalue weighted by atomic mass is 10.1. The van der Waals surface area contributed by atoms with Gasteiger partial charge in [-0.1, -0.05) is 60.7 Å². The Morgan fingerprint density at radius 3 is 2.26 bits per heavy atom. The number of carbonyl (C=O) groups is 1. The fourth-order valence-electron chi connectivity index (χ4n) is 2.77. The summed E-state index contributed by atoms with van der Waals surface area (Å²) in [5.41, 5.74) is 1.96. The van der Waals surface area contributed by atoms with E-state index in [0.717, 1.165) is 22.7 Å². The Balaban J connectivity index is 1.51. The number of nitrogens with one attached hydrogen (secondary N) is 2. The smallest absolute Gasteiger partial charge is 0.222 e. The van der Waals surface area contributed by atoms with Crippen LogP contribution in [0.5, 0.6) is 11.5 Å². The zero-order valence-corrected chi connectivity index (χ0v) is 15.4. The van der Waals surface area contributed by atoms with Crippen LogP contribution in [0.15, 0.2) is 84.9 Å². The highest BCUT2D eigenvalue weighted by atomic mass is 16.5. The first kappa shape index (κ1) is 18.5. The van der Waals surface area contributed by atoms with Crippen LogP contribution in [0.4, 0.5) is 5.69 Å². The predicted molar refractivity (Wildman–Crippen MR) is 109 cm³/mol. The Kier molecular flexibility index (Phi) is 6.47. The average Bonchev–Trinajstić information content (AvgIpc) is 2.71. The Labute approximate surface area is 160 Å². The number of rotatable bonds is 8. The minimum Gasteiger partial charge on any atom is -0.455 e. The van der Waals surface area contributed by atoms with Crippen molar-refractivity contribution < 1.29 is 9.53 Å². The van der Waals surface area contributed by atoms with E-state index < -0.39 is 0 Å². The topological polar surface area (TPSA) is 50.4 Å². The molecule has 0 aliphatic heterocycles. The molecule has 27 heavy (non-hydrogen) atoms. The van der Waals surface area contributed by atoms with Gasteiger partial charge < -0.3 is 15.4 Å². The first-order valence-electron chi connectivity index (χ1n) is 9.12. The van der Waals surface area contributed by atoms with E-state index in [4.69, 9.17) is 4.74 Å². The molecule has 0 heterocycles. The van der Waals surface area contributed by atoms with Crippen molar-refractivity contribution >= 4 is 11.6 Å². The van der Waals surface area contributed by atoms with Gasteiger partial charge in [-0.15, -0.1) is 0 Å². The van der Waals surface area contributed by atoms with E-state index in [2.05, 4.69) is 10.6 Å². The zero-order chi connectivity index (χ0) is 18.9. The van der Waals surface area contributed by atoms with Gasteiger partial charge in [0.2, 0.25) is 5.91 Å². The maximum Gasteiger partial charge on any atom is 0.222 e. The quantitative estimate of drug-likeness (QED) is 0.583. The molecule has 138 valence electrons. The Hall–Kier alpha value is -3.27. The highest BCUT2D eigenvalue weighted by Crippen LogP contribution is 2.28. The van der Waals surface area contributed by atoms with Crippen LogP contribution >= 0.6 is 0 Å². The second-order valence-electron chi connectivity index (χ2n) is 6.29. The molecule has 1 atom stereocenters. The zero-order valence-electron chi connectivity index (χ0n) is 15.4. The van der Waals surface area contributed by atoms with E-state index in [-0.39, 0.29) is 11.9 Å². The van der Waals surface area contributed by atoms with Gasteiger partial charge in [-0.2, -0.15) is 0 Å². The molecule has 3 rings (SSSR count). The summed E-state index contributed by atoms with van der Waals surface area (Å²) in [6.07, 6.45) is 0.386. The van der Waals surface area contributed by atoms with Gasteiger partial charge in [0, 0.05) is 13.0 Å². The van der Waals surface area contributed by atoms with Crippen molar-refractivity contribution in [3.8, 4) is 11.5 Å². The summed E-state index contributed by atoms with van der Waals surface area (Å²) in [7, 11) is 0. The van der Waals surface area contributed by atoms with E-state index in [1.165, 1.54) is 0 Å². The second kappa shape index (κ2) is 9.43. The molecule has 0 bridgehead atoms. The summed E-state index contributed by atoms with van der Waals surface area (Å²) in [5, 5.41) is 6.32. The molecule has 4 nitrogen and oxygen atoms in total. The number of anilines is 1. The van der Waals surface area contributed by atoms with E-state index in [0.29, 0.717) is 13.0 Å². The summed E-state index contributed by atoms with van der Waals surface area (Å²) in [5.74, 6) is 1.53. The summed E-state index contributed by atoms with van der Waals surface area (Å²) in [6.45, 7) is 2.52. The Morgan fingerprint density at radius 1 is 0.889 bits per heavy atom. The number of amides is 1. The van der Waals surface area contributed by atoms with Crippen LogP contribution in [0.3, 0.4) is 0 Å². The molecule has 0 aromatic heterocycles. The van der Waals surface area contributed by atoms with Crippen LogP contribution in [0.25, 0.3) is 0 Å². The van der Waals surface area contributed by atoms with Crippen molar-refractivity contribution in [3.63, 3.8) is 0 Å². The minimum atomic E-state index is -0.00704. The molecule has 0 aliphatic carbocycles.